The molecule has 114 valence electrons. The number of hydrogen-bond donors (Lipinski definition) is 0. The van der Waals surface area contributed by atoms with Gasteiger partial charge < -0.3 is 0 Å². The Bertz CT molecular complexity index is 355. The summed E-state index contributed by atoms with van der Waals surface area (Å²) in [6, 6.07) is 8.78. The zero-order valence-electron chi connectivity index (χ0n) is 13.7. The Morgan fingerprint density at radius 1 is 0.850 bits per heavy atom. The van der Waals surface area contributed by atoms with E-state index in [4.69, 9.17) is 11.6 Å². The van der Waals surface area contributed by atoms with Gasteiger partial charge in [0.15, 0.2) is 0 Å². The molecule has 0 aliphatic rings. The fourth-order valence-corrected chi connectivity index (χ4v) is 3.51. The molecule has 0 fully saturated rings. The smallest absolute Gasteiger partial charge is 0.0474 e. The van der Waals surface area contributed by atoms with Gasteiger partial charge >= 0.3 is 0 Å². The fraction of sp³-hybridized carbons (Fsp3) is 0.684. The second kappa shape index (κ2) is 9.45. The van der Waals surface area contributed by atoms with E-state index in [1.165, 1.54) is 43.2 Å². The first-order chi connectivity index (χ1) is 9.55. The number of rotatable bonds is 9. The molecule has 0 bridgehead atoms. The molecule has 0 aliphatic carbocycles. The average Bonchev–Trinajstić information content (AvgIpc) is 2.39. The predicted molar refractivity (Wildman–Crippen MR) is 91.3 cm³/mol. The number of hydrogen-bond acceptors (Lipinski definition) is 0. The highest BCUT2D eigenvalue weighted by Crippen LogP contribution is 2.24. The van der Waals surface area contributed by atoms with Gasteiger partial charge in [0.2, 0.25) is 0 Å². The van der Waals surface area contributed by atoms with Gasteiger partial charge in [-0.3, -0.25) is 0 Å². The molecule has 1 aromatic carbocycles. The Morgan fingerprint density at radius 3 is 1.95 bits per heavy atom. The highest BCUT2D eigenvalue weighted by molar-refractivity contribution is 6.17. The van der Waals surface area contributed by atoms with E-state index < -0.39 is 0 Å². The monoisotopic (exact) mass is 294 g/mol. The van der Waals surface area contributed by atoms with Crippen LogP contribution in [-0.2, 0) is 12.3 Å². The van der Waals surface area contributed by atoms with E-state index in [1.54, 1.807) is 0 Å². The van der Waals surface area contributed by atoms with Crippen molar-refractivity contribution in [2.75, 3.05) is 0 Å². The van der Waals surface area contributed by atoms with Gasteiger partial charge in [-0.15, -0.1) is 11.6 Å². The second-order valence-corrected chi connectivity index (χ2v) is 7.00. The van der Waals surface area contributed by atoms with E-state index in [9.17, 15) is 0 Å². The molecule has 20 heavy (non-hydrogen) atoms. The van der Waals surface area contributed by atoms with E-state index in [-0.39, 0.29) is 0 Å². The first-order valence-electron chi connectivity index (χ1n) is 8.18. The molecule has 0 saturated heterocycles. The molecule has 1 aromatic rings. The fourth-order valence-electron chi connectivity index (χ4n) is 3.33. The zero-order valence-corrected chi connectivity index (χ0v) is 14.4. The van der Waals surface area contributed by atoms with Crippen molar-refractivity contribution in [2.45, 2.75) is 65.7 Å². The molecule has 0 N–H and O–H groups in total. The van der Waals surface area contributed by atoms with Gasteiger partial charge in [-0.05, 0) is 48.1 Å². The first-order valence-corrected chi connectivity index (χ1v) is 8.72. The zero-order chi connectivity index (χ0) is 15.0. The van der Waals surface area contributed by atoms with Gasteiger partial charge in [-0.2, -0.15) is 0 Å². The molecule has 0 saturated carbocycles. The maximum atomic E-state index is 5.83. The van der Waals surface area contributed by atoms with Crippen molar-refractivity contribution in [3.63, 3.8) is 0 Å². The van der Waals surface area contributed by atoms with Crippen LogP contribution in [0.25, 0.3) is 0 Å². The van der Waals surface area contributed by atoms with Crippen molar-refractivity contribution in [1.82, 2.24) is 0 Å². The van der Waals surface area contributed by atoms with Crippen LogP contribution in [0.4, 0.5) is 0 Å². The molecule has 3 unspecified atom stereocenters. The van der Waals surface area contributed by atoms with Gasteiger partial charge in [-0.1, -0.05) is 64.8 Å². The molecular formula is C19H31Cl. The molecule has 1 heteroatoms. The van der Waals surface area contributed by atoms with Crippen LogP contribution in [0.1, 0.15) is 64.5 Å². The van der Waals surface area contributed by atoms with Gasteiger partial charge in [0.25, 0.3) is 0 Å². The summed E-state index contributed by atoms with van der Waals surface area (Å²) in [4.78, 5) is 0. The average molecular weight is 295 g/mol. The first kappa shape index (κ1) is 17.6. The lowest BCUT2D eigenvalue weighted by Gasteiger charge is -2.20. The molecule has 1 rings (SSSR count). The third-order valence-electron chi connectivity index (χ3n) is 4.15. The van der Waals surface area contributed by atoms with Crippen LogP contribution in [0.5, 0.6) is 0 Å². The van der Waals surface area contributed by atoms with Crippen molar-refractivity contribution >= 4 is 11.6 Å². The van der Waals surface area contributed by atoms with Gasteiger partial charge in [0.05, 0.1) is 0 Å². The predicted octanol–water partition coefficient (Wildman–Crippen LogP) is 6.46. The van der Waals surface area contributed by atoms with Crippen molar-refractivity contribution in [2.24, 2.45) is 17.8 Å². The summed E-state index contributed by atoms with van der Waals surface area (Å²) in [7, 11) is 0. The second-order valence-electron chi connectivity index (χ2n) is 6.73. The van der Waals surface area contributed by atoms with Crippen LogP contribution in [0.3, 0.4) is 0 Å². The maximum absolute atomic E-state index is 5.83. The maximum Gasteiger partial charge on any atom is 0.0474 e. The van der Waals surface area contributed by atoms with Crippen LogP contribution in [0.2, 0.25) is 0 Å². The van der Waals surface area contributed by atoms with Crippen molar-refractivity contribution in [3.05, 3.63) is 35.4 Å². The molecule has 0 amide bonds. The minimum absolute atomic E-state index is 0.613. The third kappa shape index (κ3) is 6.79. The van der Waals surface area contributed by atoms with Gasteiger partial charge in [0, 0.05) is 5.88 Å². The highest BCUT2D eigenvalue weighted by atomic mass is 35.5. The summed E-state index contributed by atoms with van der Waals surface area (Å²) >= 11 is 5.83. The topological polar surface area (TPSA) is 0 Å². The molecule has 0 aliphatic heterocycles. The Hall–Kier alpha value is -0.490. The Balaban J connectivity index is 2.36. The minimum Gasteiger partial charge on any atom is -0.122 e. The van der Waals surface area contributed by atoms with E-state index in [2.05, 4.69) is 52.0 Å². The minimum atomic E-state index is 0.613. The molecular weight excluding hydrogens is 264 g/mol. The SMILES string of the molecule is CCCC(C)CC(C)CC(C)Cc1ccc(CCl)cc1. The van der Waals surface area contributed by atoms with Gasteiger partial charge in [0.1, 0.15) is 0 Å². The lowest BCUT2D eigenvalue weighted by molar-refractivity contribution is 0.331. The number of halogens is 1. The normalized spacial score (nSPS) is 15.8. The van der Waals surface area contributed by atoms with Crippen LogP contribution < -0.4 is 0 Å². The molecule has 3 atom stereocenters. The quantitative estimate of drug-likeness (QED) is 0.459. The van der Waals surface area contributed by atoms with Crippen molar-refractivity contribution in [3.8, 4) is 0 Å². The van der Waals surface area contributed by atoms with E-state index >= 15 is 0 Å². The highest BCUT2D eigenvalue weighted by Gasteiger charge is 2.12. The standard InChI is InChI=1S/C19H31Cl/c1-5-6-15(2)11-16(3)12-17(4)13-18-7-9-19(14-20)10-8-18/h7-10,15-17H,5-6,11-14H2,1-4H3. The molecule has 0 aromatic heterocycles. The van der Waals surface area contributed by atoms with Gasteiger partial charge in [-0.25, -0.2) is 0 Å². The summed E-state index contributed by atoms with van der Waals surface area (Å²) in [6.45, 7) is 9.49. The lowest BCUT2D eigenvalue weighted by Crippen LogP contribution is -2.09. The molecule has 0 heterocycles. The van der Waals surface area contributed by atoms with E-state index in [0.29, 0.717) is 5.88 Å². The van der Waals surface area contributed by atoms with E-state index in [0.717, 1.165) is 17.8 Å². The van der Waals surface area contributed by atoms with Crippen molar-refractivity contribution in [1.29, 1.82) is 0 Å². The molecule has 0 nitrogen and oxygen atoms in total. The van der Waals surface area contributed by atoms with Crippen molar-refractivity contribution < 1.29 is 0 Å². The Labute approximate surface area is 130 Å². The van der Waals surface area contributed by atoms with Crippen LogP contribution in [-0.4, -0.2) is 0 Å². The Kier molecular flexibility index (Phi) is 8.30. The van der Waals surface area contributed by atoms with Crippen LogP contribution >= 0.6 is 11.6 Å². The summed E-state index contributed by atoms with van der Waals surface area (Å²) in [5, 5.41) is 0. The number of alkyl halides is 1. The summed E-state index contributed by atoms with van der Waals surface area (Å²) in [5.41, 5.74) is 2.66. The molecule has 0 radical (unpaired) electrons. The Morgan fingerprint density at radius 2 is 1.40 bits per heavy atom. The number of benzene rings is 1. The summed E-state index contributed by atoms with van der Waals surface area (Å²) < 4.78 is 0. The van der Waals surface area contributed by atoms with E-state index in [1.807, 2.05) is 0 Å². The lowest BCUT2D eigenvalue weighted by atomic mass is 9.85. The van der Waals surface area contributed by atoms with Crippen LogP contribution in [0.15, 0.2) is 24.3 Å². The largest absolute Gasteiger partial charge is 0.122 e. The summed E-state index contributed by atoms with van der Waals surface area (Å²) in [5.74, 6) is 3.10. The summed E-state index contributed by atoms with van der Waals surface area (Å²) in [6.07, 6.45) is 6.60. The molecule has 0 spiro atoms. The third-order valence-corrected chi connectivity index (χ3v) is 4.46. The van der Waals surface area contributed by atoms with Crippen LogP contribution in [0, 0.1) is 17.8 Å².